The van der Waals surface area contributed by atoms with Crippen LogP contribution in [0.1, 0.15) is 58.3 Å². The lowest BCUT2D eigenvalue weighted by Gasteiger charge is -2.21. The number of ketones is 1. The molecule has 0 saturated heterocycles. The Kier molecular flexibility index (Phi) is 8.05. The van der Waals surface area contributed by atoms with Crippen molar-refractivity contribution >= 4 is 11.8 Å². The van der Waals surface area contributed by atoms with Crippen LogP contribution in [-0.2, 0) is 14.3 Å². The molecule has 4 N–H and O–H groups in total. The zero-order chi connectivity index (χ0) is 17.4. The highest BCUT2D eigenvalue weighted by molar-refractivity contribution is 5.89. The summed E-state index contributed by atoms with van der Waals surface area (Å²) in [6.07, 6.45) is 2.05. The fourth-order valence-electron chi connectivity index (χ4n) is 2.46. The van der Waals surface area contributed by atoms with Gasteiger partial charge in [0.25, 0.3) is 0 Å². The molecule has 0 aromatic carbocycles. The highest BCUT2D eigenvalue weighted by atomic mass is 16.6. The summed E-state index contributed by atoms with van der Waals surface area (Å²) in [4.78, 5) is 22.9. The van der Waals surface area contributed by atoms with E-state index in [4.69, 9.17) is 5.11 Å². The normalized spacial score (nSPS) is 20.5. The topological polar surface area (TPSA) is 124 Å². The number of hydrogen-bond acceptors (Lipinski definition) is 7. The Balaban J connectivity index is 2.32. The molecule has 1 heterocycles. The Morgan fingerprint density at radius 1 is 1.09 bits per heavy atom. The minimum Gasteiger partial charge on any atom is -0.505 e. The maximum absolute atomic E-state index is 11.8. The smallest absolute Gasteiger partial charge is 0.377 e. The van der Waals surface area contributed by atoms with E-state index < -0.39 is 41.6 Å². The van der Waals surface area contributed by atoms with Gasteiger partial charge in [-0.1, -0.05) is 45.4 Å². The molecule has 0 saturated carbocycles. The first-order valence-electron chi connectivity index (χ1n) is 8.12. The van der Waals surface area contributed by atoms with Gasteiger partial charge in [-0.3, -0.25) is 4.79 Å². The van der Waals surface area contributed by atoms with Crippen molar-refractivity contribution in [3.8, 4) is 0 Å². The van der Waals surface area contributed by atoms with Gasteiger partial charge in [-0.15, -0.1) is 0 Å². The number of ether oxygens (including phenoxy) is 1. The first-order chi connectivity index (χ1) is 10.9. The van der Waals surface area contributed by atoms with Crippen molar-refractivity contribution in [3.05, 3.63) is 11.5 Å². The molecule has 1 rings (SSSR count). The van der Waals surface area contributed by atoms with Crippen molar-refractivity contribution in [3.63, 3.8) is 0 Å². The fraction of sp³-hybridized carbons (Fsp3) is 0.750. The second-order valence-corrected chi connectivity index (χ2v) is 5.83. The van der Waals surface area contributed by atoms with Crippen LogP contribution in [0.5, 0.6) is 0 Å². The number of unbranched alkanes of at least 4 members (excludes halogenated alkanes) is 6. The molecule has 1 aliphatic heterocycles. The van der Waals surface area contributed by atoms with E-state index in [0.29, 0.717) is 6.42 Å². The number of rotatable bonds is 11. The van der Waals surface area contributed by atoms with Crippen LogP contribution in [0.25, 0.3) is 0 Å². The first kappa shape index (κ1) is 19.4. The summed E-state index contributed by atoms with van der Waals surface area (Å²) >= 11 is 0. The van der Waals surface area contributed by atoms with Crippen molar-refractivity contribution in [2.24, 2.45) is 0 Å². The summed E-state index contributed by atoms with van der Waals surface area (Å²) in [7, 11) is 0. The van der Waals surface area contributed by atoms with Crippen LogP contribution in [0.15, 0.2) is 11.5 Å². The monoisotopic (exact) mass is 330 g/mol. The lowest BCUT2D eigenvalue weighted by Crippen LogP contribution is -2.43. The van der Waals surface area contributed by atoms with E-state index in [1.165, 1.54) is 19.3 Å². The van der Waals surface area contributed by atoms with Gasteiger partial charge in [0, 0.05) is 6.42 Å². The summed E-state index contributed by atoms with van der Waals surface area (Å²) < 4.78 is 4.52. The highest BCUT2D eigenvalue weighted by Gasteiger charge is 2.43. The van der Waals surface area contributed by atoms with Gasteiger partial charge in [0.15, 0.2) is 17.6 Å². The molecule has 132 valence electrons. The van der Waals surface area contributed by atoms with E-state index in [1.807, 2.05) is 0 Å². The maximum atomic E-state index is 11.8. The van der Waals surface area contributed by atoms with Crippen molar-refractivity contribution in [1.29, 1.82) is 0 Å². The first-order valence-corrected chi connectivity index (χ1v) is 8.12. The van der Waals surface area contributed by atoms with Crippen molar-refractivity contribution in [2.75, 3.05) is 0 Å². The van der Waals surface area contributed by atoms with E-state index in [1.54, 1.807) is 0 Å². The molecule has 0 amide bonds. The third-order valence-electron chi connectivity index (χ3n) is 3.93. The molecule has 0 aliphatic carbocycles. The standard InChI is InChI=1S/C16H26O7/c1-2-3-4-5-6-7-8-9-10(17)11(18)12(19)15-13(20)14(21)16(22)23-15/h11-12,15,18-21H,2-9H2,1H3/t11?,12-,15+/m0/s1. The molecule has 7 nitrogen and oxygen atoms in total. The van der Waals surface area contributed by atoms with Crippen LogP contribution < -0.4 is 0 Å². The summed E-state index contributed by atoms with van der Waals surface area (Å²) in [5, 5.41) is 38.2. The molecule has 0 aromatic rings. The van der Waals surface area contributed by atoms with Crippen molar-refractivity contribution in [1.82, 2.24) is 0 Å². The molecule has 0 fully saturated rings. The summed E-state index contributed by atoms with van der Waals surface area (Å²) in [5.41, 5.74) is 0. The van der Waals surface area contributed by atoms with E-state index in [-0.39, 0.29) is 6.42 Å². The number of aliphatic hydroxyl groups is 4. The minimum absolute atomic E-state index is 0.100. The Hall–Kier alpha value is -1.60. The molecule has 23 heavy (non-hydrogen) atoms. The third kappa shape index (κ3) is 5.51. The number of carbonyl (C=O) groups excluding carboxylic acids is 2. The van der Waals surface area contributed by atoms with Gasteiger partial charge in [-0.05, 0) is 6.42 Å². The van der Waals surface area contributed by atoms with Crippen LogP contribution in [0.3, 0.4) is 0 Å². The SMILES string of the molecule is CCCCCCCCCC(=O)C(O)[C@H](O)[C@H]1OC(=O)C(O)=C1O. The van der Waals surface area contributed by atoms with Gasteiger partial charge < -0.3 is 25.2 Å². The van der Waals surface area contributed by atoms with E-state index in [0.717, 1.165) is 19.3 Å². The number of hydrogen-bond donors (Lipinski definition) is 4. The zero-order valence-corrected chi connectivity index (χ0v) is 13.4. The van der Waals surface area contributed by atoms with E-state index >= 15 is 0 Å². The number of esters is 1. The maximum Gasteiger partial charge on any atom is 0.377 e. The van der Waals surface area contributed by atoms with Crippen LogP contribution >= 0.6 is 0 Å². The second kappa shape index (κ2) is 9.52. The fourth-order valence-corrected chi connectivity index (χ4v) is 2.46. The largest absolute Gasteiger partial charge is 0.505 e. The van der Waals surface area contributed by atoms with E-state index in [2.05, 4.69) is 11.7 Å². The molecule has 0 radical (unpaired) electrons. The Morgan fingerprint density at radius 3 is 2.17 bits per heavy atom. The van der Waals surface area contributed by atoms with Gasteiger partial charge in [-0.25, -0.2) is 4.79 Å². The summed E-state index contributed by atoms with van der Waals surface area (Å²) in [6, 6.07) is 0. The quantitative estimate of drug-likeness (QED) is 0.335. The molecule has 1 aliphatic rings. The van der Waals surface area contributed by atoms with E-state index in [9.17, 15) is 24.9 Å². The number of Topliss-reactive ketones (excluding diaryl/α,β-unsaturated/α-hetero) is 1. The number of cyclic esters (lactones) is 1. The van der Waals surface area contributed by atoms with Crippen molar-refractivity contribution in [2.45, 2.75) is 76.6 Å². The molecule has 0 bridgehead atoms. The van der Waals surface area contributed by atoms with Gasteiger partial charge in [0.1, 0.15) is 12.2 Å². The molecule has 7 heteroatoms. The third-order valence-corrected chi connectivity index (χ3v) is 3.93. The van der Waals surface area contributed by atoms with Crippen LogP contribution in [-0.4, -0.2) is 50.5 Å². The lowest BCUT2D eigenvalue weighted by molar-refractivity contribution is -0.154. The van der Waals surface area contributed by atoms with Gasteiger partial charge in [0.2, 0.25) is 5.76 Å². The molecular formula is C16H26O7. The van der Waals surface area contributed by atoms with Crippen LogP contribution in [0.2, 0.25) is 0 Å². The average molecular weight is 330 g/mol. The van der Waals surface area contributed by atoms with Crippen LogP contribution in [0, 0.1) is 0 Å². The summed E-state index contributed by atoms with van der Waals surface area (Å²) in [6.45, 7) is 2.14. The van der Waals surface area contributed by atoms with Crippen molar-refractivity contribution < 1.29 is 34.8 Å². The number of aliphatic hydroxyl groups excluding tert-OH is 4. The molecule has 0 aromatic heterocycles. The molecule has 1 unspecified atom stereocenters. The Bertz CT molecular complexity index is 444. The molecule has 3 atom stereocenters. The summed E-state index contributed by atoms with van der Waals surface area (Å²) in [5.74, 6) is -3.66. The van der Waals surface area contributed by atoms with Gasteiger partial charge >= 0.3 is 5.97 Å². The Labute approximate surface area is 135 Å². The number of carbonyl (C=O) groups is 2. The molecular weight excluding hydrogens is 304 g/mol. The predicted octanol–water partition coefficient (Wildman–Crippen LogP) is 1.67. The highest BCUT2D eigenvalue weighted by Crippen LogP contribution is 2.23. The average Bonchev–Trinajstić information content (AvgIpc) is 2.80. The Morgan fingerprint density at radius 2 is 1.65 bits per heavy atom. The minimum atomic E-state index is -1.80. The van der Waals surface area contributed by atoms with Crippen LogP contribution in [0.4, 0.5) is 0 Å². The second-order valence-electron chi connectivity index (χ2n) is 5.83. The zero-order valence-electron chi connectivity index (χ0n) is 13.4. The molecule has 0 spiro atoms. The van der Waals surface area contributed by atoms with Gasteiger partial charge in [-0.2, -0.15) is 0 Å². The van der Waals surface area contributed by atoms with Gasteiger partial charge in [0.05, 0.1) is 0 Å². The predicted molar refractivity (Wildman–Crippen MR) is 81.8 cm³/mol. The lowest BCUT2D eigenvalue weighted by atomic mass is 9.99.